The number of pyridine rings is 1. The van der Waals surface area contributed by atoms with Crippen LogP contribution < -0.4 is 9.41 Å². The standard InChI is InChI=1S/C13H13BrN2O3S/c1-10-3-5-13(6-4-10)20(17,18)15-16-8-11(14)7-12(9-16)19-2/h3-9H,1-2H3. The quantitative estimate of drug-likeness (QED) is 0.791. The lowest BCUT2D eigenvalue weighted by molar-refractivity contribution is -0.615. The summed E-state index contributed by atoms with van der Waals surface area (Å²) in [7, 11) is -2.26. The van der Waals surface area contributed by atoms with Crippen LogP contribution in [0, 0.1) is 6.92 Å². The van der Waals surface area contributed by atoms with Gasteiger partial charge in [-0.05, 0) is 35.0 Å². The molecule has 0 aliphatic carbocycles. The smallest absolute Gasteiger partial charge is 0.207 e. The van der Waals surface area contributed by atoms with Crippen molar-refractivity contribution in [3.05, 3.63) is 57.6 Å². The van der Waals surface area contributed by atoms with Crippen LogP contribution in [-0.4, -0.2) is 15.5 Å². The van der Waals surface area contributed by atoms with Gasteiger partial charge in [0, 0.05) is 6.07 Å². The van der Waals surface area contributed by atoms with E-state index >= 15 is 0 Å². The normalized spacial score (nSPS) is 11.2. The lowest BCUT2D eigenvalue weighted by Gasteiger charge is -2.15. The molecule has 0 atom stereocenters. The predicted molar refractivity (Wildman–Crippen MR) is 78.0 cm³/mol. The lowest BCUT2D eigenvalue weighted by atomic mass is 10.2. The second-order valence-electron chi connectivity index (χ2n) is 4.14. The predicted octanol–water partition coefficient (Wildman–Crippen LogP) is 2.58. The number of hydrogen-bond donors (Lipinski definition) is 0. The zero-order valence-electron chi connectivity index (χ0n) is 10.9. The highest BCUT2D eigenvalue weighted by atomic mass is 79.9. The van der Waals surface area contributed by atoms with Crippen molar-refractivity contribution in [2.45, 2.75) is 11.8 Å². The summed E-state index contributed by atoms with van der Waals surface area (Å²) in [6.07, 6.45) is 3.02. The molecule has 5 nitrogen and oxygen atoms in total. The molecule has 106 valence electrons. The zero-order valence-corrected chi connectivity index (χ0v) is 13.3. The van der Waals surface area contributed by atoms with Gasteiger partial charge in [0.25, 0.3) is 0 Å². The van der Waals surface area contributed by atoms with Crippen LogP contribution in [0.1, 0.15) is 5.56 Å². The first kappa shape index (κ1) is 14.8. The molecule has 0 bridgehead atoms. The van der Waals surface area contributed by atoms with Gasteiger partial charge in [-0.1, -0.05) is 17.7 Å². The van der Waals surface area contributed by atoms with Crippen molar-refractivity contribution in [2.75, 3.05) is 7.11 Å². The second-order valence-corrected chi connectivity index (χ2v) is 6.64. The fourth-order valence-electron chi connectivity index (χ4n) is 1.54. The van der Waals surface area contributed by atoms with Gasteiger partial charge in [0.05, 0.1) is 16.5 Å². The average Bonchev–Trinajstić information content (AvgIpc) is 2.37. The van der Waals surface area contributed by atoms with E-state index in [9.17, 15) is 8.42 Å². The third kappa shape index (κ3) is 3.49. The second kappa shape index (κ2) is 5.80. The van der Waals surface area contributed by atoms with Gasteiger partial charge in [0.1, 0.15) is 0 Å². The van der Waals surface area contributed by atoms with Crippen LogP contribution in [0.3, 0.4) is 0 Å². The van der Waals surface area contributed by atoms with Crippen molar-refractivity contribution in [3.63, 3.8) is 0 Å². The molecule has 2 aromatic rings. The van der Waals surface area contributed by atoms with Crippen molar-refractivity contribution in [1.29, 1.82) is 0 Å². The highest BCUT2D eigenvalue weighted by molar-refractivity contribution is 9.10. The molecule has 0 saturated carbocycles. The van der Waals surface area contributed by atoms with Gasteiger partial charge >= 0.3 is 0 Å². The number of nitrogens with zero attached hydrogens (tertiary/aromatic N) is 2. The molecule has 0 aliphatic rings. The summed E-state index contributed by atoms with van der Waals surface area (Å²) in [6.45, 7) is 1.89. The van der Waals surface area contributed by atoms with Gasteiger partial charge in [0.15, 0.2) is 22.0 Å². The number of aryl methyl sites for hydroxylation is 1. The summed E-state index contributed by atoms with van der Waals surface area (Å²) < 4.78 is 31.3. The molecule has 1 heterocycles. The molecule has 20 heavy (non-hydrogen) atoms. The number of halogens is 1. The third-order valence-electron chi connectivity index (χ3n) is 2.55. The Hall–Kier alpha value is -1.60. The third-order valence-corrected chi connectivity index (χ3v) is 4.26. The molecule has 0 fully saturated rings. The van der Waals surface area contributed by atoms with Crippen LogP contribution in [0.15, 0.2) is 52.1 Å². The maximum Gasteiger partial charge on any atom is 0.207 e. The molecule has 0 unspecified atom stereocenters. The fourth-order valence-corrected chi connectivity index (χ4v) is 2.90. The van der Waals surface area contributed by atoms with Crippen LogP contribution in [0.5, 0.6) is 5.75 Å². The van der Waals surface area contributed by atoms with Gasteiger partial charge in [0.2, 0.25) is 6.20 Å². The zero-order chi connectivity index (χ0) is 14.8. The Labute approximate surface area is 126 Å². The number of aromatic nitrogens is 1. The molecule has 0 N–H and O–H groups in total. The minimum absolute atomic E-state index is 0.148. The highest BCUT2D eigenvalue weighted by Gasteiger charge is 2.10. The monoisotopic (exact) mass is 356 g/mol. The maximum absolute atomic E-state index is 12.2. The van der Waals surface area contributed by atoms with E-state index in [-0.39, 0.29) is 4.90 Å². The van der Waals surface area contributed by atoms with E-state index in [1.54, 1.807) is 18.2 Å². The molecule has 2 rings (SSSR count). The Kier molecular flexibility index (Phi) is 4.29. The minimum Gasteiger partial charge on any atom is -0.491 e. The lowest BCUT2D eigenvalue weighted by Crippen LogP contribution is -2.31. The average molecular weight is 357 g/mol. The molecule has 0 aliphatic heterocycles. The van der Waals surface area contributed by atoms with Gasteiger partial charge < -0.3 is 9.57 Å². The van der Waals surface area contributed by atoms with Gasteiger partial charge in [-0.2, -0.15) is 0 Å². The number of methoxy groups -OCH3 is 1. The van der Waals surface area contributed by atoms with E-state index in [2.05, 4.69) is 20.8 Å². The van der Waals surface area contributed by atoms with Crippen LogP contribution >= 0.6 is 15.9 Å². The van der Waals surface area contributed by atoms with Crippen molar-refractivity contribution in [2.24, 2.45) is 0 Å². The van der Waals surface area contributed by atoms with Crippen molar-refractivity contribution < 1.29 is 17.8 Å². The largest absolute Gasteiger partial charge is 0.491 e. The SMILES string of the molecule is COc1cc(Br)c[n+]([N-]S(=O)(=O)c2ccc(C)cc2)c1. The molecule has 0 saturated heterocycles. The van der Waals surface area contributed by atoms with Crippen LogP contribution in [-0.2, 0) is 10.0 Å². The van der Waals surface area contributed by atoms with Crippen molar-refractivity contribution in [1.82, 2.24) is 0 Å². The number of benzene rings is 1. The summed E-state index contributed by atoms with van der Waals surface area (Å²) in [4.78, 5) is 3.89. The molecular weight excluding hydrogens is 344 g/mol. The van der Waals surface area contributed by atoms with Crippen LogP contribution in [0.25, 0.3) is 4.83 Å². The Morgan fingerprint density at radius 3 is 2.45 bits per heavy atom. The van der Waals surface area contributed by atoms with E-state index in [0.29, 0.717) is 10.2 Å². The first-order valence-corrected chi connectivity index (χ1v) is 7.95. The Bertz CT molecular complexity index is 715. The van der Waals surface area contributed by atoms with Gasteiger partial charge in [-0.15, -0.1) is 0 Å². The topological polar surface area (TPSA) is 61.4 Å². The van der Waals surface area contributed by atoms with E-state index in [1.807, 2.05) is 6.92 Å². The summed E-state index contributed by atoms with van der Waals surface area (Å²) in [5.41, 5.74) is 0.987. The van der Waals surface area contributed by atoms with E-state index in [4.69, 9.17) is 4.74 Å². The molecule has 1 aromatic carbocycles. The van der Waals surface area contributed by atoms with Crippen LogP contribution in [0.4, 0.5) is 0 Å². The Morgan fingerprint density at radius 1 is 1.20 bits per heavy atom. The number of rotatable bonds is 4. The number of hydrogen-bond acceptors (Lipinski definition) is 3. The highest BCUT2D eigenvalue weighted by Crippen LogP contribution is 2.18. The summed E-state index contributed by atoms with van der Waals surface area (Å²) in [6, 6.07) is 8.24. The molecule has 7 heteroatoms. The van der Waals surface area contributed by atoms with E-state index in [1.165, 1.54) is 36.3 Å². The Morgan fingerprint density at radius 2 is 1.85 bits per heavy atom. The first-order chi connectivity index (χ1) is 9.40. The first-order valence-electron chi connectivity index (χ1n) is 5.71. The summed E-state index contributed by atoms with van der Waals surface area (Å²) >= 11 is 3.27. The van der Waals surface area contributed by atoms with E-state index in [0.717, 1.165) is 5.56 Å². The minimum atomic E-state index is -3.76. The molecule has 0 radical (unpaired) electrons. The molecule has 0 amide bonds. The fraction of sp³-hybridized carbons (Fsp3) is 0.154. The molecule has 1 aromatic heterocycles. The van der Waals surface area contributed by atoms with Crippen molar-refractivity contribution >= 4 is 26.0 Å². The van der Waals surface area contributed by atoms with Crippen LogP contribution in [0.2, 0.25) is 0 Å². The van der Waals surface area contributed by atoms with Gasteiger partial charge in [-0.25, -0.2) is 13.1 Å². The maximum atomic E-state index is 12.2. The molecular formula is C13H13BrN2O3S. The molecule has 0 spiro atoms. The number of ether oxygens (including phenoxy) is 1. The van der Waals surface area contributed by atoms with Crippen molar-refractivity contribution in [3.8, 4) is 5.75 Å². The summed E-state index contributed by atoms with van der Waals surface area (Å²) in [5, 5.41) is 0. The number of sulfonamides is 1. The Balaban J connectivity index is 2.33. The van der Waals surface area contributed by atoms with E-state index < -0.39 is 10.0 Å². The van der Waals surface area contributed by atoms with Gasteiger partial charge in [-0.3, -0.25) is 0 Å². The summed E-state index contributed by atoms with van der Waals surface area (Å²) in [5.74, 6) is 0.502.